The number of carboxylic acid groups (broad SMARTS) is 1. The molecule has 1 saturated heterocycles. The van der Waals surface area contributed by atoms with E-state index >= 15 is 0 Å². The first-order valence-electron chi connectivity index (χ1n) is 8.19. The molecule has 2 aromatic rings. The van der Waals surface area contributed by atoms with E-state index in [0.717, 1.165) is 18.2 Å². The van der Waals surface area contributed by atoms with Gasteiger partial charge in [0.05, 0.1) is 6.04 Å². The Morgan fingerprint density at radius 2 is 1.80 bits per heavy atom. The molecule has 1 fully saturated rings. The lowest BCUT2D eigenvalue weighted by Crippen LogP contribution is -2.21. The molecule has 0 aliphatic carbocycles. The van der Waals surface area contributed by atoms with Crippen molar-refractivity contribution in [3.05, 3.63) is 77.9 Å². The van der Waals surface area contributed by atoms with E-state index in [1.807, 2.05) is 42.1 Å². The molecule has 1 N–H and O–H groups in total. The van der Waals surface area contributed by atoms with Gasteiger partial charge >= 0.3 is 5.97 Å². The van der Waals surface area contributed by atoms with Gasteiger partial charge in [0.2, 0.25) is 0 Å². The number of carbonyl (C=O) groups is 1. The number of amidine groups is 1. The van der Waals surface area contributed by atoms with Crippen molar-refractivity contribution in [2.45, 2.75) is 6.04 Å². The van der Waals surface area contributed by atoms with Crippen LogP contribution in [0.15, 0.2) is 71.7 Å². The molecule has 0 saturated carbocycles. The summed E-state index contributed by atoms with van der Waals surface area (Å²) in [6.45, 7) is 2.25. The van der Waals surface area contributed by atoms with Crippen molar-refractivity contribution < 1.29 is 9.90 Å². The minimum atomic E-state index is -0.922. The van der Waals surface area contributed by atoms with E-state index in [1.165, 1.54) is 23.0 Å². The van der Waals surface area contributed by atoms with Gasteiger partial charge in [0, 0.05) is 24.9 Å². The summed E-state index contributed by atoms with van der Waals surface area (Å²) in [5.41, 5.74) is 2.24. The lowest BCUT2D eigenvalue weighted by molar-refractivity contribution is -0.131. The zero-order valence-electron chi connectivity index (χ0n) is 13.8. The number of aliphatic carboxylic acids is 1. The van der Waals surface area contributed by atoms with Gasteiger partial charge in [0.1, 0.15) is 0 Å². The van der Waals surface area contributed by atoms with Crippen molar-refractivity contribution in [3.63, 3.8) is 0 Å². The second kappa shape index (κ2) is 8.53. The molecule has 4 rings (SSSR count). The monoisotopic (exact) mass is 352 g/mol. The highest BCUT2D eigenvalue weighted by Gasteiger charge is 2.29. The van der Waals surface area contributed by atoms with E-state index < -0.39 is 5.97 Å². The van der Waals surface area contributed by atoms with E-state index in [-0.39, 0.29) is 0 Å². The SMILES string of the molecule is O=C(O)C=Cc1ccccc1.c1ccc(C2CN3CCSC3=N2)cc1. The number of rotatable bonds is 3. The highest BCUT2D eigenvalue weighted by molar-refractivity contribution is 8.14. The van der Waals surface area contributed by atoms with Gasteiger partial charge in [-0.05, 0) is 17.2 Å². The largest absolute Gasteiger partial charge is 0.478 e. The summed E-state index contributed by atoms with van der Waals surface area (Å²) < 4.78 is 0. The predicted molar refractivity (Wildman–Crippen MR) is 104 cm³/mol. The second-order valence-electron chi connectivity index (χ2n) is 5.71. The lowest BCUT2D eigenvalue weighted by Gasteiger charge is -2.12. The van der Waals surface area contributed by atoms with Gasteiger partial charge in [-0.2, -0.15) is 0 Å². The number of hydrogen-bond acceptors (Lipinski definition) is 4. The molecule has 2 aliphatic heterocycles. The van der Waals surface area contributed by atoms with Gasteiger partial charge in [0.25, 0.3) is 0 Å². The maximum atomic E-state index is 10.1. The van der Waals surface area contributed by atoms with Crippen LogP contribution < -0.4 is 0 Å². The zero-order valence-corrected chi connectivity index (χ0v) is 14.6. The van der Waals surface area contributed by atoms with E-state index in [1.54, 1.807) is 6.08 Å². The van der Waals surface area contributed by atoms with Crippen LogP contribution in [0, 0.1) is 0 Å². The van der Waals surface area contributed by atoms with Gasteiger partial charge in [-0.1, -0.05) is 72.4 Å². The normalized spacial score (nSPS) is 18.5. The summed E-state index contributed by atoms with van der Waals surface area (Å²) in [6, 6.07) is 20.3. The highest BCUT2D eigenvalue weighted by Crippen LogP contribution is 2.31. The average molecular weight is 352 g/mol. The van der Waals surface area contributed by atoms with Crippen LogP contribution in [0.3, 0.4) is 0 Å². The maximum Gasteiger partial charge on any atom is 0.328 e. The quantitative estimate of drug-likeness (QED) is 0.851. The van der Waals surface area contributed by atoms with E-state index in [0.29, 0.717) is 6.04 Å². The van der Waals surface area contributed by atoms with Crippen molar-refractivity contribution >= 4 is 29.0 Å². The minimum Gasteiger partial charge on any atom is -0.478 e. The smallest absolute Gasteiger partial charge is 0.328 e. The Morgan fingerprint density at radius 3 is 2.44 bits per heavy atom. The Labute approximate surface area is 151 Å². The van der Waals surface area contributed by atoms with Crippen LogP contribution in [0.25, 0.3) is 6.08 Å². The van der Waals surface area contributed by atoms with E-state index in [4.69, 9.17) is 10.1 Å². The van der Waals surface area contributed by atoms with Crippen LogP contribution in [-0.2, 0) is 4.79 Å². The molecule has 1 unspecified atom stereocenters. The number of carboxylic acids is 1. The summed E-state index contributed by atoms with van der Waals surface area (Å²) in [7, 11) is 0. The molecule has 0 radical (unpaired) electrons. The number of fused-ring (bicyclic) bond motifs is 1. The molecule has 128 valence electrons. The van der Waals surface area contributed by atoms with Crippen LogP contribution in [0.4, 0.5) is 0 Å². The number of nitrogens with zero attached hydrogens (tertiary/aromatic N) is 2. The Balaban J connectivity index is 0.000000151. The third-order valence-corrected chi connectivity index (χ3v) is 4.93. The third-order valence-electron chi connectivity index (χ3n) is 3.92. The van der Waals surface area contributed by atoms with Crippen LogP contribution in [0.1, 0.15) is 17.2 Å². The van der Waals surface area contributed by atoms with Gasteiger partial charge in [-0.3, -0.25) is 4.99 Å². The van der Waals surface area contributed by atoms with E-state index in [2.05, 4.69) is 35.2 Å². The van der Waals surface area contributed by atoms with Crippen LogP contribution in [0.5, 0.6) is 0 Å². The Bertz CT molecular complexity index is 760. The first kappa shape index (κ1) is 17.3. The fourth-order valence-corrected chi connectivity index (χ4v) is 3.74. The summed E-state index contributed by atoms with van der Waals surface area (Å²) in [6.07, 6.45) is 2.68. The van der Waals surface area contributed by atoms with Crippen molar-refractivity contribution in [1.82, 2.24) is 4.90 Å². The Morgan fingerprint density at radius 1 is 1.12 bits per heavy atom. The fraction of sp³-hybridized carbons (Fsp3) is 0.200. The molecule has 0 amide bonds. The van der Waals surface area contributed by atoms with Gasteiger partial charge in [-0.25, -0.2) is 4.79 Å². The molecule has 1 atom stereocenters. The van der Waals surface area contributed by atoms with Crippen molar-refractivity contribution in [3.8, 4) is 0 Å². The summed E-state index contributed by atoms with van der Waals surface area (Å²) in [5, 5.41) is 9.54. The summed E-state index contributed by atoms with van der Waals surface area (Å²) >= 11 is 1.89. The van der Waals surface area contributed by atoms with Gasteiger partial charge in [-0.15, -0.1) is 0 Å². The molecular weight excluding hydrogens is 332 g/mol. The minimum absolute atomic E-state index is 0.374. The number of hydrogen-bond donors (Lipinski definition) is 1. The predicted octanol–water partition coefficient (Wildman–Crippen LogP) is 3.93. The molecule has 0 spiro atoms. The molecule has 2 aliphatic rings. The summed E-state index contributed by atoms with van der Waals surface area (Å²) in [5.74, 6) is 0.286. The van der Waals surface area contributed by atoms with Crippen molar-refractivity contribution in [1.29, 1.82) is 0 Å². The number of benzene rings is 2. The van der Waals surface area contributed by atoms with Crippen molar-refractivity contribution in [2.75, 3.05) is 18.8 Å². The van der Waals surface area contributed by atoms with Gasteiger partial charge in [0.15, 0.2) is 5.17 Å². The van der Waals surface area contributed by atoms with Crippen LogP contribution in [0.2, 0.25) is 0 Å². The van der Waals surface area contributed by atoms with Crippen LogP contribution >= 0.6 is 11.8 Å². The average Bonchev–Trinajstić information content (AvgIpc) is 3.24. The Hall–Kier alpha value is -2.53. The fourth-order valence-electron chi connectivity index (χ4n) is 2.69. The molecule has 5 heteroatoms. The van der Waals surface area contributed by atoms with Crippen LogP contribution in [-0.4, -0.2) is 40.0 Å². The molecule has 2 aromatic carbocycles. The number of aliphatic imine (C=N–C) groups is 1. The third kappa shape index (κ3) is 4.97. The standard InChI is InChI=1S/C11H12N2S.C9H8O2/c1-2-4-9(5-3-1)10-8-13-6-7-14-11(13)12-10;10-9(11)7-6-8-4-2-1-3-5-8/h1-5,10H,6-8H2;1-7H,(H,10,11). The first-order valence-corrected chi connectivity index (χ1v) is 9.17. The molecule has 4 nitrogen and oxygen atoms in total. The highest BCUT2D eigenvalue weighted by atomic mass is 32.2. The summed E-state index contributed by atoms with van der Waals surface area (Å²) in [4.78, 5) is 17.2. The maximum absolute atomic E-state index is 10.1. The first-order chi connectivity index (χ1) is 12.2. The molecule has 2 heterocycles. The topological polar surface area (TPSA) is 52.9 Å². The van der Waals surface area contributed by atoms with Gasteiger partial charge < -0.3 is 10.0 Å². The second-order valence-corrected chi connectivity index (χ2v) is 6.78. The Kier molecular flexibility index (Phi) is 5.90. The molecule has 0 aromatic heterocycles. The van der Waals surface area contributed by atoms with Crippen molar-refractivity contribution in [2.24, 2.45) is 4.99 Å². The number of thioether (sulfide) groups is 1. The molecule has 25 heavy (non-hydrogen) atoms. The molecular formula is C20H20N2O2S. The zero-order chi connectivity index (χ0) is 17.5. The van der Waals surface area contributed by atoms with E-state index in [9.17, 15) is 4.79 Å². The molecule has 0 bridgehead atoms. The lowest BCUT2D eigenvalue weighted by atomic mass is 10.1.